The first-order valence-electron chi connectivity index (χ1n) is 10.3. The van der Waals surface area contributed by atoms with Crippen molar-refractivity contribution in [1.29, 1.82) is 0 Å². The minimum atomic E-state index is -0.0413. The number of nitrogens with zero attached hydrogens (tertiary/aromatic N) is 3. The second kappa shape index (κ2) is 6.88. The number of aromatic nitrogens is 2. The smallest absolute Gasteiger partial charge is 0.270 e. The van der Waals surface area contributed by atoms with Gasteiger partial charge in [0.05, 0.1) is 30.9 Å². The Labute approximate surface area is 173 Å². The van der Waals surface area contributed by atoms with Crippen molar-refractivity contribution in [3.63, 3.8) is 0 Å². The molecular formula is C23H22N4O3. The Bertz CT molecular complexity index is 1200. The Morgan fingerprint density at radius 2 is 2.03 bits per heavy atom. The molecule has 4 aromatic rings. The van der Waals surface area contributed by atoms with Gasteiger partial charge in [0.15, 0.2) is 0 Å². The fourth-order valence-electron chi connectivity index (χ4n) is 4.74. The lowest BCUT2D eigenvalue weighted by atomic mass is 10.1. The van der Waals surface area contributed by atoms with Crippen molar-refractivity contribution >= 4 is 33.6 Å². The van der Waals surface area contributed by atoms with Crippen molar-refractivity contribution < 1.29 is 13.9 Å². The number of hydrogen-bond donors (Lipinski definition) is 1. The molecule has 0 aliphatic carbocycles. The van der Waals surface area contributed by atoms with Crippen LogP contribution in [0.2, 0.25) is 0 Å². The molecule has 2 aliphatic heterocycles. The summed E-state index contributed by atoms with van der Waals surface area (Å²) in [6.07, 6.45) is 3.48. The van der Waals surface area contributed by atoms with E-state index in [1.807, 2.05) is 47.4 Å². The second-order valence-corrected chi connectivity index (χ2v) is 8.16. The van der Waals surface area contributed by atoms with Gasteiger partial charge in [-0.3, -0.25) is 4.79 Å². The zero-order valence-corrected chi connectivity index (χ0v) is 16.5. The summed E-state index contributed by atoms with van der Waals surface area (Å²) in [6, 6.07) is 13.7. The summed E-state index contributed by atoms with van der Waals surface area (Å²) in [6.45, 7) is 3.33. The third-order valence-corrected chi connectivity index (χ3v) is 6.15. The van der Waals surface area contributed by atoms with Crippen molar-refractivity contribution in [3.05, 3.63) is 60.6 Å². The second-order valence-electron chi connectivity index (χ2n) is 8.16. The maximum absolute atomic E-state index is 13.5. The fraction of sp³-hybridized carbons (Fsp3) is 0.304. The molecule has 2 fully saturated rings. The van der Waals surface area contributed by atoms with Crippen LogP contribution in [0.4, 0.5) is 5.82 Å². The van der Waals surface area contributed by atoms with Gasteiger partial charge in [0, 0.05) is 42.7 Å². The molecule has 3 aromatic heterocycles. The van der Waals surface area contributed by atoms with Gasteiger partial charge in [-0.2, -0.15) is 0 Å². The zero-order chi connectivity index (χ0) is 20.1. The van der Waals surface area contributed by atoms with Crippen molar-refractivity contribution in [2.24, 2.45) is 5.92 Å². The number of anilines is 1. The van der Waals surface area contributed by atoms with Crippen LogP contribution in [-0.2, 0) is 4.74 Å². The molecule has 6 rings (SSSR count). The molecule has 0 spiro atoms. The normalized spacial score (nSPS) is 21.9. The summed E-state index contributed by atoms with van der Waals surface area (Å²) in [7, 11) is 0. The van der Waals surface area contributed by atoms with E-state index >= 15 is 0 Å². The lowest BCUT2D eigenvalue weighted by molar-refractivity contribution is 0.0607. The van der Waals surface area contributed by atoms with Crippen molar-refractivity contribution in [3.8, 4) is 0 Å². The molecule has 2 atom stereocenters. The summed E-state index contributed by atoms with van der Waals surface area (Å²) >= 11 is 0. The average Bonchev–Trinajstić information content (AvgIpc) is 3.31. The van der Waals surface area contributed by atoms with Gasteiger partial charge in [0.25, 0.3) is 5.91 Å². The van der Waals surface area contributed by atoms with Gasteiger partial charge in [-0.05, 0) is 24.3 Å². The first-order valence-corrected chi connectivity index (χ1v) is 10.3. The molecule has 0 saturated carbocycles. The van der Waals surface area contributed by atoms with Gasteiger partial charge in [0.1, 0.15) is 17.1 Å². The molecule has 5 heterocycles. The number of rotatable bonds is 2. The summed E-state index contributed by atoms with van der Waals surface area (Å²) in [5.41, 5.74) is 2.44. The number of carbonyl (C=O) groups excluding carboxylic acids is 1. The summed E-state index contributed by atoms with van der Waals surface area (Å²) in [5.74, 6) is 1.16. The molecular weight excluding hydrogens is 380 g/mol. The van der Waals surface area contributed by atoms with Crippen LogP contribution in [-0.4, -0.2) is 59.7 Å². The van der Waals surface area contributed by atoms with E-state index in [9.17, 15) is 4.79 Å². The number of carbonyl (C=O) groups is 1. The number of amides is 1. The van der Waals surface area contributed by atoms with E-state index < -0.39 is 0 Å². The highest BCUT2D eigenvalue weighted by atomic mass is 16.5. The number of pyridine rings is 1. The van der Waals surface area contributed by atoms with Crippen molar-refractivity contribution in [2.45, 2.75) is 6.04 Å². The Morgan fingerprint density at radius 1 is 1.10 bits per heavy atom. The van der Waals surface area contributed by atoms with Gasteiger partial charge in [-0.1, -0.05) is 18.2 Å². The molecule has 0 unspecified atom stereocenters. The van der Waals surface area contributed by atoms with Crippen LogP contribution in [0.25, 0.3) is 21.9 Å². The van der Waals surface area contributed by atoms with Gasteiger partial charge in [0.2, 0.25) is 0 Å². The number of H-pyrrole nitrogens is 1. The quantitative estimate of drug-likeness (QED) is 0.557. The van der Waals surface area contributed by atoms with E-state index in [1.54, 1.807) is 12.5 Å². The number of hydrogen-bond acceptors (Lipinski definition) is 5. The maximum atomic E-state index is 13.5. The molecule has 152 valence electrons. The molecule has 0 radical (unpaired) electrons. The van der Waals surface area contributed by atoms with E-state index in [-0.39, 0.29) is 17.9 Å². The number of furan rings is 1. The molecule has 30 heavy (non-hydrogen) atoms. The maximum Gasteiger partial charge on any atom is 0.270 e. The molecule has 1 amide bonds. The van der Waals surface area contributed by atoms with Crippen molar-refractivity contribution in [1.82, 2.24) is 14.9 Å². The SMILES string of the molecule is O=C(c1cc2ccccc2[nH]1)N1C[C@H]2COC[C@@H]1CN(c1nccc3occc13)C2. The topological polar surface area (TPSA) is 74.6 Å². The number of para-hydroxylation sites is 1. The third-order valence-electron chi connectivity index (χ3n) is 6.15. The van der Waals surface area contributed by atoms with Crippen LogP contribution < -0.4 is 4.90 Å². The van der Waals surface area contributed by atoms with E-state index in [1.165, 1.54) is 0 Å². The van der Waals surface area contributed by atoms with Crippen LogP contribution in [0, 0.1) is 5.92 Å². The lowest BCUT2D eigenvalue weighted by Crippen LogP contribution is -2.47. The Balaban J connectivity index is 1.34. The predicted octanol–water partition coefficient (Wildman–Crippen LogP) is 3.29. The van der Waals surface area contributed by atoms with E-state index in [2.05, 4.69) is 14.9 Å². The van der Waals surface area contributed by atoms with E-state index in [4.69, 9.17) is 9.15 Å². The fourth-order valence-corrected chi connectivity index (χ4v) is 4.74. The van der Waals surface area contributed by atoms with Gasteiger partial charge in [-0.25, -0.2) is 4.98 Å². The monoisotopic (exact) mass is 402 g/mol. The van der Waals surface area contributed by atoms with Crippen LogP contribution in [0.5, 0.6) is 0 Å². The van der Waals surface area contributed by atoms with Crippen LogP contribution in [0.15, 0.2) is 59.3 Å². The van der Waals surface area contributed by atoms with Gasteiger partial charge >= 0.3 is 0 Å². The highest BCUT2D eigenvalue weighted by molar-refractivity contribution is 5.98. The highest BCUT2D eigenvalue weighted by Crippen LogP contribution is 2.30. The van der Waals surface area contributed by atoms with Crippen LogP contribution in [0.3, 0.4) is 0 Å². The summed E-state index contributed by atoms with van der Waals surface area (Å²) < 4.78 is 11.5. The number of nitrogens with one attached hydrogen (secondary N) is 1. The van der Waals surface area contributed by atoms with Gasteiger partial charge in [-0.15, -0.1) is 0 Å². The third kappa shape index (κ3) is 2.85. The number of ether oxygens (including phenoxy) is 1. The number of aromatic amines is 1. The molecule has 7 nitrogen and oxygen atoms in total. The number of benzene rings is 1. The minimum absolute atomic E-state index is 0.0306. The highest BCUT2D eigenvalue weighted by Gasteiger charge is 2.37. The van der Waals surface area contributed by atoms with E-state index in [0.717, 1.165) is 34.2 Å². The molecule has 1 N–H and O–H groups in total. The van der Waals surface area contributed by atoms with Crippen LogP contribution in [0.1, 0.15) is 10.5 Å². The molecule has 1 aromatic carbocycles. The molecule has 2 aliphatic rings. The number of fused-ring (bicyclic) bond motifs is 5. The van der Waals surface area contributed by atoms with Crippen LogP contribution >= 0.6 is 0 Å². The minimum Gasteiger partial charge on any atom is -0.464 e. The zero-order valence-electron chi connectivity index (χ0n) is 16.5. The summed E-state index contributed by atoms with van der Waals surface area (Å²) in [4.78, 5) is 25.7. The Morgan fingerprint density at radius 3 is 2.97 bits per heavy atom. The Kier molecular flexibility index (Phi) is 4.02. The van der Waals surface area contributed by atoms with Gasteiger partial charge < -0.3 is 23.9 Å². The standard InChI is InChI=1S/C23H22N4O3/c28-23(20-9-16-3-1-2-4-19(16)25-20)27-11-15-10-26(12-17(27)14-29-13-15)22-18-6-8-30-21(18)5-7-24-22/h1-9,15,17,25H,10-14H2/t15-,17-/m0/s1. The van der Waals surface area contributed by atoms with Crippen molar-refractivity contribution in [2.75, 3.05) is 37.7 Å². The molecule has 2 bridgehead atoms. The average molecular weight is 402 g/mol. The first-order chi connectivity index (χ1) is 14.8. The molecule has 7 heteroatoms. The Hall–Kier alpha value is -3.32. The summed E-state index contributed by atoms with van der Waals surface area (Å²) in [5, 5.41) is 2.05. The van der Waals surface area contributed by atoms with E-state index in [0.29, 0.717) is 32.0 Å². The first kappa shape index (κ1) is 17.5. The molecule has 2 saturated heterocycles. The predicted molar refractivity (Wildman–Crippen MR) is 114 cm³/mol. The largest absolute Gasteiger partial charge is 0.464 e. The lowest BCUT2D eigenvalue weighted by Gasteiger charge is -2.31.